The SMILES string of the molecule is CC(=O)c1ccccc1NC(=O)CN1CCN(Cc2ccccc2F)CC1. The second-order valence-corrected chi connectivity index (χ2v) is 6.79. The molecule has 0 spiro atoms. The van der Waals surface area contributed by atoms with E-state index in [2.05, 4.69) is 15.1 Å². The number of halogens is 1. The van der Waals surface area contributed by atoms with E-state index in [0.717, 1.165) is 26.2 Å². The van der Waals surface area contributed by atoms with Crippen molar-refractivity contribution < 1.29 is 14.0 Å². The van der Waals surface area contributed by atoms with Crippen LogP contribution in [0, 0.1) is 5.82 Å². The third kappa shape index (κ3) is 5.21. The van der Waals surface area contributed by atoms with Crippen LogP contribution in [0.5, 0.6) is 0 Å². The first-order chi connectivity index (χ1) is 13.0. The minimum absolute atomic E-state index is 0.0762. The first kappa shape index (κ1) is 19.2. The fourth-order valence-corrected chi connectivity index (χ4v) is 3.26. The fraction of sp³-hybridized carbons (Fsp3) is 0.333. The molecule has 1 aliphatic rings. The Bertz CT molecular complexity index is 817. The number of piperazine rings is 1. The Labute approximate surface area is 158 Å². The quantitative estimate of drug-likeness (QED) is 0.796. The largest absolute Gasteiger partial charge is 0.324 e. The molecular weight excluding hydrogens is 345 g/mol. The zero-order valence-corrected chi connectivity index (χ0v) is 15.5. The Balaban J connectivity index is 1.49. The molecule has 2 aromatic rings. The van der Waals surface area contributed by atoms with Crippen LogP contribution >= 0.6 is 0 Å². The summed E-state index contributed by atoms with van der Waals surface area (Å²) in [6.07, 6.45) is 0. The van der Waals surface area contributed by atoms with Gasteiger partial charge in [0.2, 0.25) is 5.91 Å². The molecule has 1 N–H and O–H groups in total. The summed E-state index contributed by atoms with van der Waals surface area (Å²) < 4.78 is 13.8. The molecule has 1 aliphatic heterocycles. The Kier molecular flexibility index (Phi) is 6.32. The standard InChI is InChI=1S/C21H24FN3O2/c1-16(26)18-7-3-5-9-20(18)23-21(27)15-25-12-10-24(11-13-25)14-17-6-2-4-8-19(17)22/h2-9H,10-15H2,1H3,(H,23,27). The molecule has 0 saturated carbocycles. The number of Topliss-reactive ketones (excluding diaryl/α,β-unsaturated/α-hetero) is 1. The van der Waals surface area contributed by atoms with Crippen LogP contribution in [0.2, 0.25) is 0 Å². The molecule has 142 valence electrons. The molecule has 0 aliphatic carbocycles. The van der Waals surface area contributed by atoms with Crippen molar-refractivity contribution in [2.45, 2.75) is 13.5 Å². The number of ketones is 1. The highest BCUT2D eigenvalue weighted by atomic mass is 19.1. The van der Waals surface area contributed by atoms with E-state index in [1.807, 2.05) is 12.1 Å². The van der Waals surface area contributed by atoms with Crippen molar-refractivity contribution in [3.05, 3.63) is 65.5 Å². The third-order valence-electron chi connectivity index (χ3n) is 4.76. The van der Waals surface area contributed by atoms with Gasteiger partial charge in [0, 0.05) is 43.9 Å². The normalized spacial score (nSPS) is 15.5. The number of rotatable bonds is 6. The molecule has 1 fully saturated rings. The molecule has 6 heteroatoms. The topological polar surface area (TPSA) is 52.7 Å². The molecule has 27 heavy (non-hydrogen) atoms. The molecular formula is C21H24FN3O2. The molecule has 0 aromatic heterocycles. The van der Waals surface area contributed by atoms with Crippen LogP contribution < -0.4 is 5.32 Å². The lowest BCUT2D eigenvalue weighted by Gasteiger charge is -2.34. The number of carbonyl (C=O) groups is 2. The maximum Gasteiger partial charge on any atom is 0.238 e. The van der Waals surface area contributed by atoms with Gasteiger partial charge in [-0.25, -0.2) is 4.39 Å². The minimum Gasteiger partial charge on any atom is -0.324 e. The Morgan fingerprint density at radius 2 is 1.59 bits per heavy atom. The monoisotopic (exact) mass is 369 g/mol. The van der Waals surface area contributed by atoms with E-state index in [4.69, 9.17) is 0 Å². The van der Waals surface area contributed by atoms with Crippen molar-refractivity contribution in [1.82, 2.24) is 9.80 Å². The van der Waals surface area contributed by atoms with Crippen molar-refractivity contribution in [3.63, 3.8) is 0 Å². The molecule has 1 saturated heterocycles. The van der Waals surface area contributed by atoms with Crippen molar-refractivity contribution in [2.24, 2.45) is 0 Å². The highest BCUT2D eigenvalue weighted by Gasteiger charge is 2.20. The molecule has 0 unspecified atom stereocenters. The van der Waals surface area contributed by atoms with Crippen LogP contribution in [0.3, 0.4) is 0 Å². The van der Waals surface area contributed by atoms with Gasteiger partial charge in [-0.3, -0.25) is 19.4 Å². The summed E-state index contributed by atoms with van der Waals surface area (Å²) in [5, 5.41) is 2.83. The average Bonchev–Trinajstić information content (AvgIpc) is 2.65. The van der Waals surface area contributed by atoms with Crippen LogP contribution in [0.4, 0.5) is 10.1 Å². The van der Waals surface area contributed by atoms with Crippen LogP contribution in [0.15, 0.2) is 48.5 Å². The van der Waals surface area contributed by atoms with E-state index < -0.39 is 0 Å². The Morgan fingerprint density at radius 1 is 0.963 bits per heavy atom. The summed E-state index contributed by atoms with van der Waals surface area (Å²) in [6.45, 7) is 5.40. The van der Waals surface area contributed by atoms with E-state index in [0.29, 0.717) is 23.4 Å². The number of nitrogens with one attached hydrogen (secondary N) is 1. The first-order valence-corrected chi connectivity index (χ1v) is 9.11. The van der Waals surface area contributed by atoms with Crippen molar-refractivity contribution in [1.29, 1.82) is 0 Å². The zero-order valence-electron chi connectivity index (χ0n) is 15.5. The van der Waals surface area contributed by atoms with Gasteiger partial charge in [-0.15, -0.1) is 0 Å². The van der Waals surface area contributed by atoms with E-state index in [1.165, 1.54) is 13.0 Å². The molecule has 5 nitrogen and oxygen atoms in total. The summed E-state index contributed by atoms with van der Waals surface area (Å²) in [5.41, 5.74) is 1.76. The molecule has 1 heterocycles. The van der Waals surface area contributed by atoms with E-state index in [1.54, 1.807) is 30.3 Å². The van der Waals surface area contributed by atoms with Crippen molar-refractivity contribution in [3.8, 4) is 0 Å². The first-order valence-electron chi connectivity index (χ1n) is 9.11. The van der Waals surface area contributed by atoms with Gasteiger partial charge in [0.1, 0.15) is 5.82 Å². The van der Waals surface area contributed by atoms with Gasteiger partial charge in [0.25, 0.3) is 0 Å². The Morgan fingerprint density at radius 3 is 2.30 bits per heavy atom. The van der Waals surface area contributed by atoms with E-state index >= 15 is 0 Å². The van der Waals surface area contributed by atoms with Crippen molar-refractivity contribution >= 4 is 17.4 Å². The number of para-hydroxylation sites is 1. The molecule has 1 amide bonds. The number of hydrogen-bond acceptors (Lipinski definition) is 4. The summed E-state index contributed by atoms with van der Waals surface area (Å²) in [4.78, 5) is 28.3. The second-order valence-electron chi connectivity index (χ2n) is 6.79. The number of nitrogens with zero attached hydrogens (tertiary/aromatic N) is 2. The summed E-state index contributed by atoms with van der Waals surface area (Å²) in [6, 6.07) is 13.8. The molecule has 0 atom stereocenters. The Hall–Kier alpha value is -2.57. The van der Waals surface area contributed by atoms with Gasteiger partial charge < -0.3 is 5.32 Å². The van der Waals surface area contributed by atoms with Gasteiger partial charge in [-0.1, -0.05) is 30.3 Å². The zero-order chi connectivity index (χ0) is 19.2. The van der Waals surface area contributed by atoms with E-state index in [-0.39, 0.29) is 24.1 Å². The van der Waals surface area contributed by atoms with Crippen LogP contribution in [-0.4, -0.2) is 54.2 Å². The van der Waals surface area contributed by atoms with Gasteiger partial charge in [-0.05, 0) is 25.1 Å². The number of anilines is 1. The predicted molar refractivity (Wildman–Crippen MR) is 103 cm³/mol. The lowest BCUT2D eigenvalue weighted by Crippen LogP contribution is -2.48. The summed E-state index contributed by atoms with van der Waals surface area (Å²) in [7, 11) is 0. The van der Waals surface area contributed by atoms with Gasteiger partial charge in [-0.2, -0.15) is 0 Å². The number of carbonyl (C=O) groups excluding carboxylic acids is 2. The molecule has 2 aromatic carbocycles. The van der Waals surface area contributed by atoms with Gasteiger partial charge in [0.05, 0.1) is 12.2 Å². The van der Waals surface area contributed by atoms with Gasteiger partial charge >= 0.3 is 0 Å². The highest BCUT2D eigenvalue weighted by molar-refractivity contribution is 6.04. The van der Waals surface area contributed by atoms with Crippen molar-refractivity contribution in [2.75, 3.05) is 38.0 Å². The molecule has 0 radical (unpaired) electrons. The lowest BCUT2D eigenvalue weighted by atomic mass is 10.1. The van der Waals surface area contributed by atoms with Crippen LogP contribution in [0.1, 0.15) is 22.8 Å². The fourth-order valence-electron chi connectivity index (χ4n) is 3.26. The number of benzene rings is 2. The molecule has 3 rings (SSSR count). The average molecular weight is 369 g/mol. The van der Waals surface area contributed by atoms with Crippen LogP contribution in [0.25, 0.3) is 0 Å². The second kappa shape index (κ2) is 8.88. The summed E-state index contributed by atoms with van der Waals surface area (Å²) in [5.74, 6) is -0.387. The number of hydrogen-bond donors (Lipinski definition) is 1. The minimum atomic E-state index is -0.177. The maximum atomic E-state index is 13.8. The van der Waals surface area contributed by atoms with Gasteiger partial charge in [0.15, 0.2) is 5.78 Å². The van der Waals surface area contributed by atoms with E-state index in [9.17, 15) is 14.0 Å². The molecule has 0 bridgehead atoms. The summed E-state index contributed by atoms with van der Waals surface area (Å²) >= 11 is 0. The number of amides is 1. The predicted octanol–water partition coefficient (Wildman–Crippen LogP) is 2.78. The highest BCUT2D eigenvalue weighted by Crippen LogP contribution is 2.16. The maximum absolute atomic E-state index is 13.8. The lowest BCUT2D eigenvalue weighted by molar-refractivity contribution is -0.117. The smallest absolute Gasteiger partial charge is 0.238 e. The third-order valence-corrected chi connectivity index (χ3v) is 4.76. The van der Waals surface area contributed by atoms with Crippen LogP contribution in [-0.2, 0) is 11.3 Å².